The fourth-order valence-electron chi connectivity index (χ4n) is 2.72. The van der Waals surface area contributed by atoms with Crippen LogP contribution in [0.4, 0.5) is 8.78 Å². The maximum Gasteiger partial charge on any atom is 0.130 e. The lowest BCUT2D eigenvalue weighted by Crippen LogP contribution is -2.19. The Hall–Kier alpha value is -2.72. The summed E-state index contributed by atoms with van der Waals surface area (Å²) < 4.78 is 32.7. The molecule has 1 atom stereocenters. The highest BCUT2D eigenvalue weighted by molar-refractivity contribution is 5.29. The summed E-state index contributed by atoms with van der Waals surface area (Å²) in [5, 5.41) is 3.26. The third-order valence-corrected chi connectivity index (χ3v) is 4.19. The van der Waals surface area contributed by atoms with Crippen molar-refractivity contribution in [2.75, 3.05) is 0 Å². The van der Waals surface area contributed by atoms with Crippen LogP contribution in [0.2, 0.25) is 0 Å². The van der Waals surface area contributed by atoms with Crippen molar-refractivity contribution in [3.05, 3.63) is 101 Å². The average molecular weight is 353 g/mol. The summed E-state index contributed by atoms with van der Waals surface area (Å²) in [4.78, 5) is 0. The monoisotopic (exact) mass is 353 g/mol. The molecule has 4 heteroatoms. The second kappa shape index (κ2) is 8.59. The topological polar surface area (TPSA) is 21.3 Å². The van der Waals surface area contributed by atoms with E-state index in [1.54, 1.807) is 0 Å². The molecule has 134 valence electrons. The predicted molar refractivity (Wildman–Crippen MR) is 98.8 cm³/mol. The van der Waals surface area contributed by atoms with E-state index in [1.165, 1.54) is 12.1 Å². The number of halogens is 2. The van der Waals surface area contributed by atoms with Gasteiger partial charge in [-0.1, -0.05) is 48.5 Å². The summed E-state index contributed by atoms with van der Waals surface area (Å²) >= 11 is 0. The summed E-state index contributed by atoms with van der Waals surface area (Å²) in [6, 6.07) is 21.2. The zero-order valence-electron chi connectivity index (χ0n) is 14.6. The van der Waals surface area contributed by atoms with Gasteiger partial charge in [0.05, 0.1) is 0 Å². The molecule has 0 spiro atoms. The van der Waals surface area contributed by atoms with Gasteiger partial charge in [0.15, 0.2) is 0 Å². The minimum atomic E-state index is -0.568. The van der Waals surface area contributed by atoms with Crippen LogP contribution in [0.1, 0.15) is 29.7 Å². The van der Waals surface area contributed by atoms with Gasteiger partial charge in [-0.05, 0) is 36.2 Å². The number of hydrogen-bond acceptors (Lipinski definition) is 2. The van der Waals surface area contributed by atoms with Gasteiger partial charge in [-0.15, -0.1) is 0 Å². The zero-order chi connectivity index (χ0) is 18.4. The zero-order valence-corrected chi connectivity index (χ0v) is 14.6. The van der Waals surface area contributed by atoms with Crippen molar-refractivity contribution in [1.29, 1.82) is 0 Å². The van der Waals surface area contributed by atoms with Crippen molar-refractivity contribution in [2.45, 2.75) is 26.1 Å². The standard InChI is InChI=1S/C22H21F2NO/c1-16(21-11-10-19(23)13-22(21)24)25-14-18-8-5-9-20(12-18)26-15-17-6-3-2-4-7-17/h2-13,16,25H,14-15H2,1H3. The molecule has 0 fully saturated rings. The second-order valence-electron chi connectivity index (χ2n) is 6.19. The molecule has 0 heterocycles. The van der Waals surface area contributed by atoms with Crippen molar-refractivity contribution in [3.63, 3.8) is 0 Å². The Morgan fingerprint density at radius 3 is 2.42 bits per heavy atom. The molecule has 0 saturated heterocycles. The maximum atomic E-state index is 13.9. The molecule has 3 rings (SSSR count). The average Bonchev–Trinajstić information content (AvgIpc) is 2.66. The van der Waals surface area contributed by atoms with Gasteiger partial charge in [0.25, 0.3) is 0 Å². The molecule has 3 aromatic rings. The minimum absolute atomic E-state index is 0.232. The molecule has 0 saturated carbocycles. The van der Waals surface area contributed by atoms with Crippen LogP contribution in [0.25, 0.3) is 0 Å². The molecular weight excluding hydrogens is 332 g/mol. The first-order chi connectivity index (χ1) is 12.6. The van der Waals surface area contributed by atoms with Crippen molar-refractivity contribution >= 4 is 0 Å². The van der Waals surface area contributed by atoms with Gasteiger partial charge < -0.3 is 10.1 Å². The van der Waals surface area contributed by atoms with Gasteiger partial charge in [-0.3, -0.25) is 0 Å². The largest absolute Gasteiger partial charge is 0.489 e. The van der Waals surface area contributed by atoms with Crippen molar-refractivity contribution in [3.8, 4) is 5.75 Å². The van der Waals surface area contributed by atoms with Gasteiger partial charge in [0, 0.05) is 24.2 Å². The van der Waals surface area contributed by atoms with E-state index in [4.69, 9.17) is 4.74 Å². The first-order valence-electron chi connectivity index (χ1n) is 8.56. The molecule has 0 aliphatic rings. The lowest BCUT2D eigenvalue weighted by molar-refractivity contribution is 0.306. The molecule has 0 radical (unpaired) electrons. The van der Waals surface area contributed by atoms with Crippen LogP contribution in [-0.2, 0) is 13.2 Å². The Kier molecular flexibility index (Phi) is 5.97. The molecule has 0 amide bonds. The summed E-state index contributed by atoms with van der Waals surface area (Å²) in [5.41, 5.74) is 2.59. The van der Waals surface area contributed by atoms with E-state index in [2.05, 4.69) is 5.32 Å². The van der Waals surface area contributed by atoms with Crippen LogP contribution in [-0.4, -0.2) is 0 Å². The maximum absolute atomic E-state index is 13.9. The lowest BCUT2D eigenvalue weighted by atomic mass is 10.1. The first kappa shape index (κ1) is 18.1. The SMILES string of the molecule is CC(NCc1cccc(OCc2ccccc2)c1)c1ccc(F)cc1F. The number of rotatable bonds is 7. The molecule has 26 heavy (non-hydrogen) atoms. The van der Waals surface area contributed by atoms with E-state index < -0.39 is 11.6 Å². The predicted octanol–water partition coefficient (Wildman–Crippen LogP) is 5.39. The Labute approximate surface area is 152 Å². The van der Waals surface area contributed by atoms with Gasteiger partial charge in [0.2, 0.25) is 0 Å². The molecule has 0 aliphatic carbocycles. The highest BCUT2D eigenvalue weighted by Crippen LogP contribution is 2.19. The molecule has 3 aromatic carbocycles. The van der Waals surface area contributed by atoms with Gasteiger partial charge in [-0.25, -0.2) is 8.78 Å². The Morgan fingerprint density at radius 1 is 0.885 bits per heavy atom. The normalized spacial score (nSPS) is 12.0. The molecule has 0 aromatic heterocycles. The smallest absolute Gasteiger partial charge is 0.130 e. The Balaban J connectivity index is 1.58. The second-order valence-corrected chi connectivity index (χ2v) is 6.19. The summed E-state index contributed by atoms with van der Waals surface area (Å²) in [6.07, 6.45) is 0. The van der Waals surface area contributed by atoms with Crippen molar-refractivity contribution < 1.29 is 13.5 Å². The Morgan fingerprint density at radius 2 is 1.65 bits per heavy atom. The van der Waals surface area contributed by atoms with Gasteiger partial charge >= 0.3 is 0 Å². The van der Waals surface area contributed by atoms with E-state index in [0.717, 1.165) is 22.9 Å². The van der Waals surface area contributed by atoms with Crippen LogP contribution < -0.4 is 10.1 Å². The minimum Gasteiger partial charge on any atom is -0.489 e. The third kappa shape index (κ3) is 4.90. The fraction of sp³-hybridized carbons (Fsp3) is 0.182. The van der Waals surface area contributed by atoms with Crippen LogP contribution >= 0.6 is 0 Å². The van der Waals surface area contributed by atoms with Crippen LogP contribution in [0, 0.1) is 11.6 Å². The number of nitrogens with one attached hydrogen (secondary N) is 1. The highest BCUT2D eigenvalue weighted by atomic mass is 19.1. The van der Waals surface area contributed by atoms with E-state index in [-0.39, 0.29) is 6.04 Å². The summed E-state index contributed by atoms with van der Waals surface area (Å²) in [7, 11) is 0. The molecule has 1 unspecified atom stereocenters. The van der Waals surface area contributed by atoms with Gasteiger partial charge in [-0.2, -0.15) is 0 Å². The summed E-state index contributed by atoms with van der Waals surface area (Å²) in [5.74, 6) is -0.319. The number of ether oxygens (including phenoxy) is 1. The molecular formula is C22H21F2NO. The van der Waals surface area contributed by atoms with Crippen LogP contribution in [0.15, 0.2) is 72.8 Å². The third-order valence-electron chi connectivity index (χ3n) is 4.19. The van der Waals surface area contributed by atoms with E-state index in [1.807, 2.05) is 61.5 Å². The number of hydrogen-bond donors (Lipinski definition) is 1. The van der Waals surface area contributed by atoms with Crippen molar-refractivity contribution in [2.24, 2.45) is 0 Å². The number of benzene rings is 3. The highest BCUT2D eigenvalue weighted by Gasteiger charge is 2.11. The quantitative estimate of drug-likeness (QED) is 0.614. The fourth-order valence-corrected chi connectivity index (χ4v) is 2.72. The molecule has 0 bridgehead atoms. The van der Waals surface area contributed by atoms with Crippen LogP contribution in [0.3, 0.4) is 0 Å². The van der Waals surface area contributed by atoms with E-state index in [0.29, 0.717) is 18.7 Å². The first-order valence-corrected chi connectivity index (χ1v) is 8.56. The summed E-state index contributed by atoms with van der Waals surface area (Å²) in [6.45, 7) is 2.92. The molecule has 2 nitrogen and oxygen atoms in total. The van der Waals surface area contributed by atoms with Crippen LogP contribution in [0.5, 0.6) is 5.75 Å². The molecule has 1 N–H and O–H groups in total. The van der Waals surface area contributed by atoms with E-state index in [9.17, 15) is 8.78 Å². The van der Waals surface area contributed by atoms with E-state index >= 15 is 0 Å². The Bertz CT molecular complexity index is 852. The lowest BCUT2D eigenvalue weighted by Gasteiger charge is -2.16. The molecule has 0 aliphatic heterocycles. The van der Waals surface area contributed by atoms with Crippen molar-refractivity contribution in [1.82, 2.24) is 5.32 Å². The van der Waals surface area contributed by atoms with Gasteiger partial charge in [0.1, 0.15) is 24.0 Å².